The van der Waals surface area contributed by atoms with E-state index in [1.165, 1.54) is 11.1 Å². The zero-order valence-corrected chi connectivity index (χ0v) is 18.5. The monoisotopic (exact) mass is 432 g/mol. The van der Waals surface area contributed by atoms with Crippen LogP contribution in [0.3, 0.4) is 0 Å². The summed E-state index contributed by atoms with van der Waals surface area (Å²) in [5, 5.41) is 8.88. The molecule has 0 unspecified atom stereocenters. The fourth-order valence-corrected chi connectivity index (χ4v) is 4.18. The molecule has 0 saturated heterocycles. The molecule has 5 nitrogen and oxygen atoms in total. The molecule has 166 valence electrons. The van der Waals surface area contributed by atoms with Crippen molar-refractivity contribution in [2.45, 2.75) is 38.9 Å². The first kappa shape index (κ1) is 21.9. The van der Waals surface area contributed by atoms with E-state index in [0.717, 1.165) is 40.8 Å². The van der Waals surface area contributed by atoms with Crippen LogP contribution in [-0.4, -0.2) is 30.9 Å². The van der Waals surface area contributed by atoms with Crippen molar-refractivity contribution in [2.24, 2.45) is 0 Å². The fraction of sp³-hybridized carbons (Fsp3) is 0.296. The van der Waals surface area contributed by atoms with Gasteiger partial charge in [0.2, 0.25) is 0 Å². The van der Waals surface area contributed by atoms with Crippen molar-refractivity contribution in [1.29, 1.82) is 0 Å². The van der Waals surface area contributed by atoms with E-state index >= 15 is 0 Å². The summed E-state index contributed by atoms with van der Waals surface area (Å²) >= 11 is 0. The summed E-state index contributed by atoms with van der Waals surface area (Å²) in [6.45, 7) is 2.62. The van der Waals surface area contributed by atoms with Crippen LogP contribution in [0.1, 0.15) is 28.7 Å². The molecule has 32 heavy (non-hydrogen) atoms. The molecule has 3 aromatic carbocycles. The Labute approximate surface area is 188 Å². The maximum atomic E-state index is 10.8. The second kappa shape index (κ2) is 9.88. The van der Waals surface area contributed by atoms with Gasteiger partial charge in [-0.25, -0.2) is 0 Å². The predicted molar refractivity (Wildman–Crippen MR) is 123 cm³/mol. The van der Waals surface area contributed by atoms with Gasteiger partial charge in [-0.2, -0.15) is 0 Å². The van der Waals surface area contributed by atoms with Crippen molar-refractivity contribution < 1.29 is 24.1 Å². The second-order valence-corrected chi connectivity index (χ2v) is 8.16. The van der Waals surface area contributed by atoms with Crippen LogP contribution >= 0.6 is 0 Å². The van der Waals surface area contributed by atoms with E-state index in [9.17, 15) is 4.79 Å². The van der Waals surface area contributed by atoms with Gasteiger partial charge in [-0.15, -0.1) is 0 Å². The molecule has 1 aliphatic rings. The third kappa shape index (κ3) is 5.29. The Morgan fingerprint density at radius 2 is 1.75 bits per heavy atom. The fourth-order valence-electron chi connectivity index (χ4n) is 4.18. The quantitative estimate of drug-likeness (QED) is 0.503. The van der Waals surface area contributed by atoms with Gasteiger partial charge in [-0.1, -0.05) is 36.4 Å². The Balaban J connectivity index is 1.57. The lowest BCUT2D eigenvalue weighted by molar-refractivity contribution is -0.137. The number of hydrogen-bond donors (Lipinski definition) is 1. The molecule has 0 heterocycles. The average Bonchev–Trinajstić information content (AvgIpc) is 3.20. The van der Waals surface area contributed by atoms with E-state index in [2.05, 4.69) is 30.3 Å². The Morgan fingerprint density at radius 1 is 1.00 bits per heavy atom. The lowest BCUT2D eigenvalue weighted by atomic mass is 9.98. The molecular formula is C27H28O5. The van der Waals surface area contributed by atoms with Gasteiger partial charge in [0.05, 0.1) is 32.8 Å². The molecule has 1 aliphatic carbocycles. The molecule has 0 atom stereocenters. The number of carboxylic acid groups (broad SMARTS) is 1. The summed E-state index contributed by atoms with van der Waals surface area (Å²) in [4.78, 5) is 10.8. The van der Waals surface area contributed by atoms with Crippen LogP contribution in [0.5, 0.6) is 11.5 Å². The standard InChI is InChI=1S/C27H28O5/c1-18-11-21(15-24(12-18)30-2)26-8-7-23(31-10-9-27(28)29)16-22(26)17-32-25-13-19-5-3-4-6-20(19)14-25/h3-8,11-12,15-16,25H,9-10,13-14,17H2,1-2H3,(H,28,29). The number of benzene rings is 3. The molecule has 0 spiro atoms. The molecule has 0 saturated carbocycles. The Bertz CT molecular complexity index is 1080. The molecule has 3 aromatic rings. The largest absolute Gasteiger partial charge is 0.497 e. The van der Waals surface area contributed by atoms with Crippen LogP contribution in [0.4, 0.5) is 0 Å². The number of ether oxygens (including phenoxy) is 3. The molecule has 0 bridgehead atoms. The lowest BCUT2D eigenvalue weighted by Crippen LogP contribution is -2.13. The summed E-state index contributed by atoms with van der Waals surface area (Å²) in [5.74, 6) is 0.570. The first-order valence-electron chi connectivity index (χ1n) is 10.8. The van der Waals surface area contributed by atoms with Crippen molar-refractivity contribution in [3.8, 4) is 22.6 Å². The Morgan fingerprint density at radius 3 is 2.44 bits per heavy atom. The molecule has 5 heteroatoms. The first-order valence-corrected chi connectivity index (χ1v) is 10.8. The number of methoxy groups -OCH3 is 1. The van der Waals surface area contributed by atoms with Crippen molar-refractivity contribution in [2.75, 3.05) is 13.7 Å². The summed E-state index contributed by atoms with van der Waals surface area (Å²) in [6.07, 6.45) is 1.93. The second-order valence-electron chi connectivity index (χ2n) is 8.16. The molecule has 0 aromatic heterocycles. The minimum absolute atomic E-state index is 0.0387. The molecule has 0 fully saturated rings. The van der Waals surface area contributed by atoms with E-state index in [1.807, 2.05) is 37.3 Å². The van der Waals surface area contributed by atoms with Crippen molar-refractivity contribution in [3.63, 3.8) is 0 Å². The number of rotatable bonds is 9. The van der Waals surface area contributed by atoms with Gasteiger partial charge in [-0.05, 0) is 77.4 Å². The number of carbonyl (C=O) groups is 1. The van der Waals surface area contributed by atoms with Crippen LogP contribution in [-0.2, 0) is 29.0 Å². The Kier molecular flexibility index (Phi) is 6.76. The molecular weight excluding hydrogens is 404 g/mol. The first-order chi connectivity index (χ1) is 15.5. The van der Waals surface area contributed by atoms with Crippen molar-refractivity contribution >= 4 is 5.97 Å². The highest BCUT2D eigenvalue weighted by molar-refractivity contribution is 5.70. The van der Waals surface area contributed by atoms with E-state index in [0.29, 0.717) is 12.4 Å². The summed E-state index contributed by atoms with van der Waals surface area (Å²) < 4.78 is 17.5. The highest BCUT2D eigenvalue weighted by Crippen LogP contribution is 2.33. The minimum atomic E-state index is -0.877. The van der Waals surface area contributed by atoms with E-state index in [4.69, 9.17) is 19.3 Å². The summed E-state index contributed by atoms with van der Waals surface area (Å²) in [5.41, 5.74) is 6.92. The highest BCUT2D eigenvalue weighted by atomic mass is 16.5. The maximum absolute atomic E-state index is 10.8. The van der Waals surface area contributed by atoms with Gasteiger partial charge in [-0.3, -0.25) is 4.79 Å². The molecule has 1 N–H and O–H groups in total. The van der Waals surface area contributed by atoms with Crippen LogP contribution in [0.2, 0.25) is 0 Å². The van der Waals surface area contributed by atoms with Gasteiger partial charge >= 0.3 is 5.97 Å². The van der Waals surface area contributed by atoms with Crippen molar-refractivity contribution in [3.05, 3.63) is 82.9 Å². The molecule has 0 radical (unpaired) electrons. The van der Waals surface area contributed by atoms with Crippen LogP contribution in [0.25, 0.3) is 11.1 Å². The van der Waals surface area contributed by atoms with Crippen LogP contribution < -0.4 is 9.47 Å². The zero-order valence-electron chi connectivity index (χ0n) is 18.5. The highest BCUT2D eigenvalue weighted by Gasteiger charge is 2.22. The van der Waals surface area contributed by atoms with Gasteiger partial charge in [0, 0.05) is 0 Å². The van der Waals surface area contributed by atoms with Gasteiger partial charge in [0.25, 0.3) is 0 Å². The van der Waals surface area contributed by atoms with Gasteiger partial charge < -0.3 is 19.3 Å². The average molecular weight is 433 g/mol. The Hall–Kier alpha value is -3.31. The maximum Gasteiger partial charge on any atom is 0.306 e. The van der Waals surface area contributed by atoms with E-state index in [-0.39, 0.29) is 19.1 Å². The third-order valence-electron chi connectivity index (χ3n) is 5.75. The van der Waals surface area contributed by atoms with Gasteiger partial charge in [0.15, 0.2) is 0 Å². The number of fused-ring (bicyclic) bond motifs is 1. The number of hydrogen-bond acceptors (Lipinski definition) is 4. The van der Waals surface area contributed by atoms with E-state index < -0.39 is 5.97 Å². The minimum Gasteiger partial charge on any atom is -0.497 e. The van der Waals surface area contributed by atoms with Crippen LogP contribution in [0, 0.1) is 6.92 Å². The topological polar surface area (TPSA) is 65.0 Å². The summed E-state index contributed by atoms with van der Waals surface area (Å²) in [6, 6.07) is 20.4. The lowest BCUT2D eigenvalue weighted by Gasteiger charge is -2.17. The molecule has 0 amide bonds. The predicted octanol–water partition coefficient (Wildman–Crippen LogP) is 5.21. The van der Waals surface area contributed by atoms with Gasteiger partial charge in [0.1, 0.15) is 11.5 Å². The molecule has 4 rings (SSSR count). The third-order valence-corrected chi connectivity index (χ3v) is 5.75. The normalized spacial score (nSPS) is 13.1. The number of carboxylic acids is 1. The number of aryl methyl sites for hydroxylation is 1. The zero-order chi connectivity index (χ0) is 22.5. The molecule has 0 aliphatic heterocycles. The van der Waals surface area contributed by atoms with Crippen molar-refractivity contribution in [1.82, 2.24) is 0 Å². The smallest absolute Gasteiger partial charge is 0.306 e. The van der Waals surface area contributed by atoms with E-state index in [1.54, 1.807) is 7.11 Å². The number of aliphatic carboxylic acids is 1. The summed E-state index contributed by atoms with van der Waals surface area (Å²) in [7, 11) is 1.67. The van der Waals surface area contributed by atoms with Crippen LogP contribution in [0.15, 0.2) is 60.7 Å². The SMILES string of the molecule is COc1cc(C)cc(-c2ccc(OCCC(=O)O)cc2COC2Cc3ccccc3C2)c1.